The maximum absolute atomic E-state index is 6.18. The maximum atomic E-state index is 6.18. The van der Waals surface area contributed by atoms with Gasteiger partial charge in [-0.05, 0) is 37.0 Å². The molecule has 1 aliphatic rings. The minimum atomic E-state index is 0.557. The van der Waals surface area contributed by atoms with E-state index in [1.807, 2.05) is 6.07 Å². The molecule has 0 aromatic heterocycles. The number of aryl methyl sites for hydroxylation is 1. The monoisotopic (exact) mass is 280 g/mol. The lowest BCUT2D eigenvalue weighted by Crippen LogP contribution is -2.58. The average Bonchev–Trinajstić information content (AvgIpc) is 2.40. The molecule has 1 saturated heterocycles. The van der Waals surface area contributed by atoms with Crippen LogP contribution >= 0.6 is 11.6 Å². The number of halogens is 1. The van der Waals surface area contributed by atoms with Crippen molar-refractivity contribution in [1.29, 1.82) is 0 Å². The first-order valence-electron chi connectivity index (χ1n) is 7.29. The average molecular weight is 281 g/mol. The Balaban J connectivity index is 2.29. The van der Waals surface area contributed by atoms with Gasteiger partial charge in [-0.25, -0.2) is 0 Å². The van der Waals surface area contributed by atoms with Crippen LogP contribution in [0.3, 0.4) is 0 Å². The Kier molecular flexibility index (Phi) is 4.75. The fourth-order valence-corrected chi connectivity index (χ4v) is 2.99. The summed E-state index contributed by atoms with van der Waals surface area (Å²) in [6, 6.07) is 7.33. The summed E-state index contributed by atoms with van der Waals surface area (Å²) in [5.74, 6) is 0.653. The van der Waals surface area contributed by atoms with Crippen LogP contribution in [-0.4, -0.2) is 25.2 Å². The normalized spacial score (nSPS) is 24.0. The SMILES string of the molecule is CCC1CNC(C(C)C)CN1c1cc(Cl)ccc1C. The van der Waals surface area contributed by atoms with Crippen molar-refractivity contribution in [3.8, 4) is 0 Å². The Labute approximate surface area is 122 Å². The van der Waals surface area contributed by atoms with Crippen molar-refractivity contribution in [1.82, 2.24) is 5.32 Å². The molecular weight excluding hydrogens is 256 g/mol. The van der Waals surface area contributed by atoms with Crippen LogP contribution in [0.15, 0.2) is 18.2 Å². The third-order valence-electron chi connectivity index (χ3n) is 4.21. The molecule has 19 heavy (non-hydrogen) atoms. The Morgan fingerprint density at radius 1 is 1.42 bits per heavy atom. The quantitative estimate of drug-likeness (QED) is 0.904. The van der Waals surface area contributed by atoms with Crippen molar-refractivity contribution in [3.63, 3.8) is 0 Å². The number of rotatable bonds is 3. The first-order chi connectivity index (χ1) is 9.02. The summed E-state index contributed by atoms with van der Waals surface area (Å²) in [7, 11) is 0. The molecule has 2 nitrogen and oxygen atoms in total. The first-order valence-corrected chi connectivity index (χ1v) is 7.67. The molecule has 1 aromatic carbocycles. The molecule has 106 valence electrons. The molecule has 0 radical (unpaired) electrons. The van der Waals surface area contributed by atoms with Gasteiger partial charge in [0.25, 0.3) is 0 Å². The molecule has 2 unspecified atom stereocenters. The molecule has 1 aliphatic heterocycles. The van der Waals surface area contributed by atoms with Gasteiger partial charge in [-0.3, -0.25) is 0 Å². The van der Waals surface area contributed by atoms with Crippen molar-refractivity contribution < 1.29 is 0 Å². The second kappa shape index (κ2) is 6.15. The number of nitrogens with one attached hydrogen (secondary N) is 1. The number of benzene rings is 1. The highest BCUT2D eigenvalue weighted by Gasteiger charge is 2.29. The van der Waals surface area contributed by atoms with Gasteiger partial charge in [0.15, 0.2) is 0 Å². The third kappa shape index (κ3) is 3.24. The Bertz CT molecular complexity index is 431. The van der Waals surface area contributed by atoms with Crippen molar-refractivity contribution in [2.45, 2.75) is 46.2 Å². The first kappa shape index (κ1) is 14.7. The Hall–Kier alpha value is -0.730. The summed E-state index contributed by atoms with van der Waals surface area (Å²) in [6.07, 6.45) is 1.16. The molecule has 0 spiro atoms. The molecule has 0 aliphatic carbocycles. The van der Waals surface area contributed by atoms with E-state index in [4.69, 9.17) is 11.6 Å². The van der Waals surface area contributed by atoms with Crippen molar-refractivity contribution in [2.75, 3.05) is 18.0 Å². The Morgan fingerprint density at radius 2 is 2.16 bits per heavy atom. The topological polar surface area (TPSA) is 15.3 Å². The zero-order chi connectivity index (χ0) is 14.0. The molecule has 0 bridgehead atoms. The molecule has 1 fully saturated rings. The number of anilines is 1. The van der Waals surface area contributed by atoms with E-state index in [2.05, 4.69) is 50.0 Å². The van der Waals surface area contributed by atoms with E-state index < -0.39 is 0 Å². The third-order valence-corrected chi connectivity index (χ3v) is 4.44. The molecule has 0 amide bonds. The lowest BCUT2D eigenvalue weighted by atomic mass is 9.97. The number of piperazine rings is 1. The molecule has 2 atom stereocenters. The minimum Gasteiger partial charge on any atom is -0.365 e. The standard InChI is InChI=1S/C16H25ClN2/c1-5-14-9-18-15(11(2)3)10-19(14)16-8-13(17)7-6-12(16)4/h6-8,11,14-15,18H,5,9-10H2,1-4H3. The second-order valence-electron chi connectivity index (χ2n) is 5.90. The highest BCUT2D eigenvalue weighted by atomic mass is 35.5. The summed E-state index contributed by atoms with van der Waals surface area (Å²) < 4.78 is 0. The van der Waals surface area contributed by atoms with Crippen LogP contribution in [0.1, 0.15) is 32.8 Å². The van der Waals surface area contributed by atoms with Crippen molar-refractivity contribution in [3.05, 3.63) is 28.8 Å². The van der Waals surface area contributed by atoms with E-state index >= 15 is 0 Å². The summed E-state index contributed by atoms with van der Waals surface area (Å²) in [5, 5.41) is 4.51. The van der Waals surface area contributed by atoms with E-state index in [1.54, 1.807) is 0 Å². The van der Waals surface area contributed by atoms with Crippen LogP contribution in [0, 0.1) is 12.8 Å². The zero-order valence-corrected chi connectivity index (χ0v) is 13.2. The van der Waals surface area contributed by atoms with Gasteiger partial charge in [0.1, 0.15) is 0 Å². The molecule has 1 heterocycles. The summed E-state index contributed by atoms with van der Waals surface area (Å²) in [4.78, 5) is 2.54. The predicted octanol–water partition coefficient (Wildman–Crippen LogP) is 3.86. The van der Waals surface area contributed by atoms with E-state index in [0.717, 1.165) is 24.5 Å². The molecule has 3 heteroatoms. The molecule has 1 aromatic rings. The molecular formula is C16H25ClN2. The van der Waals surface area contributed by atoms with Gasteiger partial charge in [0, 0.05) is 35.9 Å². The Morgan fingerprint density at radius 3 is 2.79 bits per heavy atom. The van der Waals surface area contributed by atoms with Crippen LogP contribution in [0.4, 0.5) is 5.69 Å². The van der Waals surface area contributed by atoms with E-state index in [-0.39, 0.29) is 0 Å². The lowest BCUT2D eigenvalue weighted by Gasteiger charge is -2.43. The molecule has 2 rings (SSSR count). The lowest BCUT2D eigenvalue weighted by molar-refractivity contribution is 0.325. The van der Waals surface area contributed by atoms with Gasteiger partial charge in [-0.15, -0.1) is 0 Å². The fraction of sp³-hybridized carbons (Fsp3) is 0.625. The largest absolute Gasteiger partial charge is 0.365 e. The highest BCUT2D eigenvalue weighted by molar-refractivity contribution is 6.30. The van der Waals surface area contributed by atoms with Gasteiger partial charge in [-0.2, -0.15) is 0 Å². The van der Waals surface area contributed by atoms with Gasteiger partial charge in [-0.1, -0.05) is 38.4 Å². The molecule has 1 N–H and O–H groups in total. The van der Waals surface area contributed by atoms with Crippen LogP contribution in [-0.2, 0) is 0 Å². The summed E-state index contributed by atoms with van der Waals surface area (Å²) in [6.45, 7) is 11.1. The second-order valence-corrected chi connectivity index (χ2v) is 6.34. The van der Waals surface area contributed by atoms with Gasteiger partial charge in [0.2, 0.25) is 0 Å². The summed E-state index contributed by atoms with van der Waals surface area (Å²) in [5.41, 5.74) is 2.61. The van der Waals surface area contributed by atoms with Gasteiger partial charge in [0.05, 0.1) is 0 Å². The molecule has 0 saturated carbocycles. The smallest absolute Gasteiger partial charge is 0.0426 e. The highest BCUT2D eigenvalue weighted by Crippen LogP contribution is 2.29. The number of hydrogen-bond donors (Lipinski definition) is 1. The predicted molar refractivity (Wildman–Crippen MR) is 84.2 cm³/mol. The van der Waals surface area contributed by atoms with Crippen molar-refractivity contribution >= 4 is 17.3 Å². The number of hydrogen-bond acceptors (Lipinski definition) is 2. The summed E-state index contributed by atoms with van der Waals surface area (Å²) >= 11 is 6.18. The van der Waals surface area contributed by atoms with Crippen LogP contribution < -0.4 is 10.2 Å². The fourth-order valence-electron chi connectivity index (χ4n) is 2.82. The van der Waals surface area contributed by atoms with Gasteiger partial charge >= 0.3 is 0 Å². The van der Waals surface area contributed by atoms with Crippen LogP contribution in [0.25, 0.3) is 0 Å². The van der Waals surface area contributed by atoms with Crippen LogP contribution in [0.5, 0.6) is 0 Å². The van der Waals surface area contributed by atoms with Gasteiger partial charge < -0.3 is 10.2 Å². The zero-order valence-electron chi connectivity index (χ0n) is 12.4. The van der Waals surface area contributed by atoms with E-state index in [9.17, 15) is 0 Å². The van der Waals surface area contributed by atoms with E-state index in [1.165, 1.54) is 11.3 Å². The minimum absolute atomic E-state index is 0.557. The van der Waals surface area contributed by atoms with Crippen LogP contribution in [0.2, 0.25) is 5.02 Å². The van der Waals surface area contributed by atoms with E-state index in [0.29, 0.717) is 18.0 Å². The maximum Gasteiger partial charge on any atom is 0.0426 e. The number of nitrogens with zero attached hydrogens (tertiary/aromatic N) is 1. The van der Waals surface area contributed by atoms with Crippen molar-refractivity contribution in [2.24, 2.45) is 5.92 Å².